The van der Waals surface area contributed by atoms with Gasteiger partial charge in [-0.2, -0.15) is 0 Å². The fraction of sp³-hybridized carbons (Fsp3) is 0.263. The average Bonchev–Trinajstić information content (AvgIpc) is 2.53. The zero-order chi connectivity index (χ0) is 17.1. The number of fused-ring (bicyclic) bond motifs is 1. The number of ether oxygens (including phenoxy) is 1. The highest BCUT2D eigenvalue weighted by molar-refractivity contribution is 5.89. The van der Waals surface area contributed by atoms with Crippen LogP contribution >= 0.6 is 0 Å². The Kier molecular flexibility index (Phi) is 4.60. The van der Waals surface area contributed by atoms with Crippen molar-refractivity contribution < 1.29 is 9.13 Å². The van der Waals surface area contributed by atoms with Crippen molar-refractivity contribution in [3.8, 4) is 5.75 Å². The minimum Gasteiger partial charge on any atom is -0.492 e. The summed E-state index contributed by atoms with van der Waals surface area (Å²) >= 11 is 0. The van der Waals surface area contributed by atoms with Gasteiger partial charge in [0.05, 0.1) is 17.4 Å². The van der Waals surface area contributed by atoms with Crippen LogP contribution in [0.3, 0.4) is 0 Å². The smallest absolute Gasteiger partial charge is 0.142 e. The summed E-state index contributed by atoms with van der Waals surface area (Å²) in [4.78, 5) is 10.2. The van der Waals surface area contributed by atoms with Crippen LogP contribution in [0.25, 0.3) is 10.9 Å². The van der Waals surface area contributed by atoms with Gasteiger partial charge in [0.25, 0.3) is 0 Å². The van der Waals surface area contributed by atoms with Gasteiger partial charge in [0.15, 0.2) is 0 Å². The summed E-state index contributed by atoms with van der Waals surface area (Å²) in [6.07, 6.45) is 1.46. The number of likely N-dealkylation sites (N-methyl/N-ethyl adjacent to an activating group) is 1. The lowest BCUT2D eigenvalue weighted by molar-refractivity contribution is 0.325. The van der Waals surface area contributed by atoms with Gasteiger partial charge < -0.3 is 9.64 Å². The average molecular weight is 325 g/mol. The van der Waals surface area contributed by atoms with Crippen molar-refractivity contribution >= 4 is 16.7 Å². The fourth-order valence-corrected chi connectivity index (χ4v) is 2.76. The van der Waals surface area contributed by atoms with E-state index in [9.17, 15) is 4.39 Å². The lowest BCUT2D eigenvalue weighted by Crippen LogP contribution is -2.25. The molecule has 0 unspecified atom stereocenters. The molecule has 5 heteroatoms. The molecule has 0 fully saturated rings. The maximum absolute atomic E-state index is 14.1. The first-order chi connectivity index (χ1) is 11.5. The maximum Gasteiger partial charge on any atom is 0.142 e. The minimum absolute atomic E-state index is 0.315. The number of hydrogen-bond acceptors (Lipinski definition) is 4. The third-order valence-electron chi connectivity index (χ3n) is 3.84. The molecule has 124 valence electrons. The highest BCUT2D eigenvalue weighted by Gasteiger charge is 2.12. The van der Waals surface area contributed by atoms with E-state index >= 15 is 0 Å². The number of halogens is 1. The topological polar surface area (TPSA) is 38.2 Å². The normalized spacial score (nSPS) is 10.8. The Morgan fingerprint density at radius 3 is 2.58 bits per heavy atom. The molecule has 0 aliphatic carbocycles. The molecule has 0 saturated carbocycles. The van der Waals surface area contributed by atoms with Gasteiger partial charge in [0.1, 0.15) is 30.3 Å². The maximum atomic E-state index is 14.1. The molecule has 0 amide bonds. The number of anilines is 1. The van der Waals surface area contributed by atoms with E-state index in [0.717, 1.165) is 5.75 Å². The zero-order valence-electron chi connectivity index (χ0n) is 14.1. The Bertz CT molecular complexity index is 841. The molecule has 2 aromatic carbocycles. The van der Waals surface area contributed by atoms with E-state index in [1.165, 1.54) is 23.5 Å². The van der Waals surface area contributed by atoms with Crippen LogP contribution in [0.2, 0.25) is 0 Å². The summed E-state index contributed by atoms with van der Waals surface area (Å²) in [5, 5.41) is 0.439. The predicted octanol–water partition coefficient (Wildman–Crippen LogP) is 3.90. The van der Waals surface area contributed by atoms with Gasteiger partial charge in [0.2, 0.25) is 0 Å². The molecule has 1 aromatic heterocycles. The molecule has 0 N–H and O–H groups in total. The Morgan fingerprint density at radius 1 is 1.08 bits per heavy atom. The first kappa shape index (κ1) is 16.2. The summed E-state index contributed by atoms with van der Waals surface area (Å²) in [6.45, 7) is 5.16. The van der Waals surface area contributed by atoms with Crippen LogP contribution < -0.4 is 9.64 Å². The van der Waals surface area contributed by atoms with E-state index in [1.807, 2.05) is 37.9 Å². The van der Waals surface area contributed by atoms with E-state index in [4.69, 9.17) is 4.74 Å². The lowest BCUT2D eigenvalue weighted by atomic mass is 10.1. The predicted molar refractivity (Wildman–Crippen MR) is 94.2 cm³/mol. The molecule has 4 nitrogen and oxygen atoms in total. The molecule has 3 aromatic rings. The lowest BCUT2D eigenvalue weighted by Gasteiger charge is -2.20. The molecule has 24 heavy (non-hydrogen) atoms. The molecule has 0 aliphatic rings. The number of aryl methyl sites for hydroxylation is 2. The van der Waals surface area contributed by atoms with Gasteiger partial charge in [-0.05, 0) is 49.2 Å². The summed E-state index contributed by atoms with van der Waals surface area (Å²) < 4.78 is 20.0. The van der Waals surface area contributed by atoms with Gasteiger partial charge in [-0.1, -0.05) is 12.1 Å². The summed E-state index contributed by atoms with van der Waals surface area (Å²) in [7, 11) is 1.87. The van der Waals surface area contributed by atoms with Crippen LogP contribution in [0.15, 0.2) is 42.7 Å². The first-order valence-corrected chi connectivity index (χ1v) is 7.86. The third-order valence-corrected chi connectivity index (χ3v) is 3.84. The number of rotatable bonds is 5. The van der Waals surface area contributed by atoms with Gasteiger partial charge >= 0.3 is 0 Å². The SMILES string of the molecule is Cc1cc(C)cc(OCCN(C)c2ncnc3cccc(F)c23)c1. The van der Waals surface area contributed by atoms with E-state index in [-0.39, 0.29) is 5.82 Å². The van der Waals surface area contributed by atoms with E-state index in [2.05, 4.69) is 16.0 Å². The number of hydrogen-bond donors (Lipinski definition) is 0. The second-order valence-electron chi connectivity index (χ2n) is 5.92. The van der Waals surface area contributed by atoms with Crippen molar-refractivity contribution in [1.82, 2.24) is 9.97 Å². The standard InChI is InChI=1S/C19H20FN3O/c1-13-9-14(2)11-15(10-13)24-8-7-23(3)19-18-16(20)5-4-6-17(18)21-12-22-19/h4-6,9-12H,7-8H2,1-3H3. The van der Waals surface area contributed by atoms with Gasteiger partial charge in [-0.25, -0.2) is 14.4 Å². The van der Waals surface area contributed by atoms with Crippen molar-refractivity contribution in [2.75, 3.05) is 25.1 Å². The Labute approximate surface area is 140 Å². The molecule has 1 heterocycles. The zero-order valence-corrected chi connectivity index (χ0v) is 14.1. The van der Waals surface area contributed by atoms with Crippen molar-refractivity contribution in [1.29, 1.82) is 0 Å². The van der Waals surface area contributed by atoms with E-state index < -0.39 is 0 Å². The second-order valence-corrected chi connectivity index (χ2v) is 5.92. The molecule has 0 spiro atoms. The third kappa shape index (κ3) is 3.45. The fourth-order valence-electron chi connectivity index (χ4n) is 2.76. The molecule has 3 rings (SSSR count). The minimum atomic E-state index is -0.315. The Hall–Kier alpha value is -2.69. The monoisotopic (exact) mass is 325 g/mol. The highest BCUT2D eigenvalue weighted by atomic mass is 19.1. The van der Waals surface area contributed by atoms with Gasteiger partial charge in [-0.3, -0.25) is 0 Å². The quantitative estimate of drug-likeness (QED) is 0.713. The van der Waals surface area contributed by atoms with Crippen LogP contribution in [0, 0.1) is 19.7 Å². The van der Waals surface area contributed by atoms with Gasteiger partial charge in [0, 0.05) is 7.05 Å². The summed E-state index contributed by atoms with van der Waals surface area (Å²) in [6, 6.07) is 11.0. The second kappa shape index (κ2) is 6.83. The Balaban J connectivity index is 1.73. The number of benzene rings is 2. The molecule has 0 atom stereocenters. The van der Waals surface area contributed by atoms with Crippen LogP contribution in [-0.2, 0) is 0 Å². The van der Waals surface area contributed by atoms with Gasteiger partial charge in [-0.15, -0.1) is 0 Å². The van der Waals surface area contributed by atoms with Crippen LogP contribution in [0.5, 0.6) is 5.75 Å². The molecule has 0 radical (unpaired) electrons. The highest BCUT2D eigenvalue weighted by Crippen LogP contribution is 2.24. The van der Waals surface area contributed by atoms with Crippen molar-refractivity contribution in [3.05, 3.63) is 59.7 Å². The summed E-state index contributed by atoms with van der Waals surface area (Å²) in [5.74, 6) is 1.10. The van der Waals surface area contributed by atoms with Crippen LogP contribution in [0.1, 0.15) is 11.1 Å². The number of nitrogens with zero attached hydrogens (tertiary/aromatic N) is 3. The van der Waals surface area contributed by atoms with Crippen molar-refractivity contribution in [2.45, 2.75) is 13.8 Å². The molecule has 0 bridgehead atoms. The molecular weight excluding hydrogens is 305 g/mol. The molecular formula is C19H20FN3O. The summed E-state index contributed by atoms with van der Waals surface area (Å²) in [5.41, 5.74) is 2.94. The van der Waals surface area contributed by atoms with Crippen LogP contribution in [0.4, 0.5) is 10.2 Å². The van der Waals surface area contributed by atoms with E-state index in [1.54, 1.807) is 12.1 Å². The first-order valence-electron chi connectivity index (χ1n) is 7.86. The van der Waals surface area contributed by atoms with Crippen LogP contribution in [-0.4, -0.2) is 30.2 Å². The largest absolute Gasteiger partial charge is 0.492 e. The van der Waals surface area contributed by atoms with Crippen molar-refractivity contribution in [2.24, 2.45) is 0 Å². The van der Waals surface area contributed by atoms with E-state index in [0.29, 0.717) is 29.9 Å². The molecule has 0 aliphatic heterocycles. The molecule has 0 saturated heterocycles. The number of aromatic nitrogens is 2. The Morgan fingerprint density at radius 2 is 1.83 bits per heavy atom. The van der Waals surface area contributed by atoms with Crippen molar-refractivity contribution in [3.63, 3.8) is 0 Å².